The molecule has 0 radical (unpaired) electrons. The Kier molecular flexibility index (Phi) is 4.38. The first-order chi connectivity index (χ1) is 8.65. The van der Waals surface area contributed by atoms with Gasteiger partial charge in [-0.25, -0.2) is 0 Å². The van der Waals surface area contributed by atoms with Crippen LogP contribution in [0, 0.1) is 0 Å². The van der Waals surface area contributed by atoms with E-state index in [-0.39, 0.29) is 18.0 Å². The van der Waals surface area contributed by atoms with Crippen molar-refractivity contribution in [1.82, 2.24) is 10.6 Å². The Morgan fingerprint density at radius 3 is 3.17 bits per heavy atom. The van der Waals surface area contributed by atoms with Gasteiger partial charge in [0.25, 0.3) is 0 Å². The summed E-state index contributed by atoms with van der Waals surface area (Å²) in [5.74, 6) is 0.906. The molecule has 3 N–H and O–H groups in total. The molecule has 0 bridgehead atoms. The van der Waals surface area contributed by atoms with Crippen molar-refractivity contribution in [3.8, 4) is 0 Å². The van der Waals surface area contributed by atoms with Gasteiger partial charge >= 0.3 is 0 Å². The summed E-state index contributed by atoms with van der Waals surface area (Å²) in [6.45, 7) is 2.48. The number of rotatable bonds is 5. The van der Waals surface area contributed by atoms with Crippen LogP contribution >= 0.6 is 0 Å². The first-order valence-corrected chi connectivity index (χ1v) is 6.39. The highest BCUT2D eigenvalue weighted by Gasteiger charge is 2.28. The molecule has 1 amide bonds. The maximum atomic E-state index is 11.9. The second kappa shape index (κ2) is 6.02. The molecule has 0 aliphatic carbocycles. The van der Waals surface area contributed by atoms with E-state index < -0.39 is 6.10 Å². The third-order valence-corrected chi connectivity index (χ3v) is 3.22. The summed E-state index contributed by atoms with van der Waals surface area (Å²) in [7, 11) is 0. The van der Waals surface area contributed by atoms with Gasteiger partial charge in [0.05, 0.1) is 18.4 Å². The fraction of sp³-hybridized carbons (Fsp3) is 0.615. The molecule has 1 aromatic rings. The van der Waals surface area contributed by atoms with Crippen molar-refractivity contribution in [3.63, 3.8) is 0 Å². The number of carbonyl (C=O) groups excluding carboxylic acids is 1. The molecule has 1 aromatic heterocycles. The van der Waals surface area contributed by atoms with Crippen LogP contribution in [0.1, 0.15) is 25.5 Å². The standard InChI is InChI=1S/C13H20N2O3/c1-9(4-5-11-3-2-6-18-11)15-13(17)12-7-10(16)8-14-12/h2-3,6,9-10,12,14,16H,4-5,7-8H2,1H3,(H,15,17). The molecule has 2 heterocycles. The lowest BCUT2D eigenvalue weighted by Gasteiger charge is -2.16. The highest BCUT2D eigenvalue weighted by Crippen LogP contribution is 2.08. The lowest BCUT2D eigenvalue weighted by atomic mass is 10.1. The summed E-state index contributed by atoms with van der Waals surface area (Å²) in [5, 5.41) is 15.3. The predicted molar refractivity (Wildman–Crippen MR) is 67.0 cm³/mol. The molecule has 3 atom stereocenters. The second-order valence-electron chi connectivity index (χ2n) is 4.88. The van der Waals surface area contributed by atoms with Gasteiger partial charge < -0.3 is 20.2 Å². The van der Waals surface area contributed by atoms with E-state index in [1.54, 1.807) is 6.26 Å². The Balaban J connectivity index is 1.70. The van der Waals surface area contributed by atoms with Crippen molar-refractivity contribution in [2.24, 2.45) is 0 Å². The molecule has 1 fully saturated rings. The minimum Gasteiger partial charge on any atom is -0.469 e. The van der Waals surface area contributed by atoms with Gasteiger partial charge in [-0.1, -0.05) is 0 Å². The molecule has 0 aromatic carbocycles. The average molecular weight is 252 g/mol. The average Bonchev–Trinajstić information content (AvgIpc) is 2.97. The highest BCUT2D eigenvalue weighted by atomic mass is 16.3. The van der Waals surface area contributed by atoms with Crippen LogP contribution in [0.15, 0.2) is 22.8 Å². The number of furan rings is 1. The van der Waals surface area contributed by atoms with Gasteiger partial charge in [0.1, 0.15) is 5.76 Å². The number of hydrogen-bond acceptors (Lipinski definition) is 4. The van der Waals surface area contributed by atoms with Gasteiger partial charge in [-0.2, -0.15) is 0 Å². The number of β-amino-alcohol motifs (C(OH)–C–C–N with tert-alkyl or cyclic N) is 1. The summed E-state index contributed by atoms with van der Waals surface area (Å²) >= 11 is 0. The van der Waals surface area contributed by atoms with Crippen LogP contribution in [0.4, 0.5) is 0 Å². The van der Waals surface area contributed by atoms with Gasteiger partial charge in [0.2, 0.25) is 5.91 Å². The molecule has 1 aliphatic rings. The molecule has 5 heteroatoms. The van der Waals surface area contributed by atoms with E-state index in [9.17, 15) is 9.90 Å². The molecule has 5 nitrogen and oxygen atoms in total. The monoisotopic (exact) mass is 252 g/mol. The zero-order chi connectivity index (χ0) is 13.0. The summed E-state index contributed by atoms with van der Waals surface area (Å²) < 4.78 is 5.24. The number of carbonyl (C=O) groups is 1. The van der Waals surface area contributed by atoms with Crippen molar-refractivity contribution in [2.75, 3.05) is 6.54 Å². The summed E-state index contributed by atoms with van der Waals surface area (Å²) in [5.41, 5.74) is 0. The van der Waals surface area contributed by atoms with Crippen LogP contribution in [0.3, 0.4) is 0 Å². The van der Waals surface area contributed by atoms with Gasteiger partial charge in [-0.3, -0.25) is 4.79 Å². The number of aliphatic hydroxyl groups excluding tert-OH is 1. The van der Waals surface area contributed by atoms with Gasteiger partial charge in [-0.05, 0) is 31.9 Å². The minimum atomic E-state index is -0.404. The Morgan fingerprint density at radius 2 is 2.56 bits per heavy atom. The lowest BCUT2D eigenvalue weighted by Crippen LogP contribution is -2.44. The van der Waals surface area contributed by atoms with E-state index in [0.717, 1.165) is 18.6 Å². The third kappa shape index (κ3) is 3.58. The predicted octanol–water partition coefficient (Wildman–Crippen LogP) is 0.440. The van der Waals surface area contributed by atoms with E-state index >= 15 is 0 Å². The number of aliphatic hydroxyl groups is 1. The van der Waals surface area contributed by atoms with Crippen LogP contribution in [0.25, 0.3) is 0 Å². The Morgan fingerprint density at radius 1 is 1.72 bits per heavy atom. The first kappa shape index (κ1) is 13.1. The molecule has 1 aliphatic heterocycles. The topological polar surface area (TPSA) is 74.5 Å². The quantitative estimate of drug-likeness (QED) is 0.711. The molecule has 100 valence electrons. The van der Waals surface area contributed by atoms with Crippen molar-refractivity contribution in [1.29, 1.82) is 0 Å². The number of aryl methyl sites for hydroxylation is 1. The summed E-state index contributed by atoms with van der Waals surface area (Å²) in [6, 6.07) is 3.64. The van der Waals surface area contributed by atoms with Gasteiger partial charge in [-0.15, -0.1) is 0 Å². The number of hydrogen-bond donors (Lipinski definition) is 3. The second-order valence-corrected chi connectivity index (χ2v) is 4.88. The Hall–Kier alpha value is -1.33. The van der Waals surface area contributed by atoms with Crippen LogP contribution < -0.4 is 10.6 Å². The Bertz CT molecular complexity index is 378. The molecular formula is C13H20N2O3. The zero-order valence-corrected chi connectivity index (χ0v) is 10.6. The first-order valence-electron chi connectivity index (χ1n) is 6.39. The van der Waals surface area contributed by atoms with Crippen LogP contribution in [-0.2, 0) is 11.2 Å². The van der Waals surface area contributed by atoms with Gasteiger partial charge in [0, 0.05) is 19.0 Å². The van der Waals surface area contributed by atoms with Crippen molar-refractivity contribution < 1.29 is 14.3 Å². The maximum absolute atomic E-state index is 11.9. The lowest BCUT2D eigenvalue weighted by molar-refractivity contribution is -0.123. The molecule has 3 unspecified atom stereocenters. The SMILES string of the molecule is CC(CCc1ccco1)NC(=O)C1CC(O)CN1. The van der Waals surface area contributed by atoms with Crippen LogP contribution in [0.5, 0.6) is 0 Å². The van der Waals surface area contributed by atoms with Crippen molar-refractivity contribution >= 4 is 5.91 Å². The molecular weight excluding hydrogens is 232 g/mol. The van der Waals surface area contributed by atoms with Crippen molar-refractivity contribution in [3.05, 3.63) is 24.2 Å². The van der Waals surface area contributed by atoms with E-state index in [0.29, 0.717) is 13.0 Å². The van der Waals surface area contributed by atoms with Gasteiger partial charge in [0.15, 0.2) is 0 Å². The largest absolute Gasteiger partial charge is 0.469 e. The minimum absolute atomic E-state index is 0.0292. The van der Waals surface area contributed by atoms with E-state index in [1.165, 1.54) is 0 Å². The fourth-order valence-corrected chi connectivity index (χ4v) is 2.15. The normalized spacial score (nSPS) is 25.0. The summed E-state index contributed by atoms with van der Waals surface area (Å²) in [6.07, 6.45) is 3.40. The maximum Gasteiger partial charge on any atom is 0.237 e. The molecule has 0 spiro atoms. The smallest absolute Gasteiger partial charge is 0.237 e. The molecule has 1 saturated heterocycles. The molecule has 2 rings (SSSR count). The summed E-state index contributed by atoms with van der Waals surface area (Å²) in [4.78, 5) is 11.9. The van der Waals surface area contributed by atoms with Crippen LogP contribution in [0.2, 0.25) is 0 Å². The van der Waals surface area contributed by atoms with Crippen molar-refractivity contribution in [2.45, 2.75) is 44.4 Å². The fourth-order valence-electron chi connectivity index (χ4n) is 2.15. The molecule has 0 saturated carbocycles. The van der Waals surface area contributed by atoms with Crippen LogP contribution in [-0.4, -0.2) is 35.7 Å². The third-order valence-electron chi connectivity index (χ3n) is 3.22. The zero-order valence-electron chi connectivity index (χ0n) is 10.6. The van der Waals surface area contributed by atoms with E-state index in [4.69, 9.17) is 4.42 Å². The molecule has 18 heavy (non-hydrogen) atoms. The highest BCUT2D eigenvalue weighted by molar-refractivity contribution is 5.82. The van der Waals surface area contributed by atoms with E-state index in [2.05, 4.69) is 10.6 Å². The number of amides is 1. The number of nitrogens with one attached hydrogen (secondary N) is 2. The Labute approximate surface area is 107 Å². The van der Waals surface area contributed by atoms with E-state index in [1.807, 2.05) is 19.1 Å².